The highest BCUT2D eigenvalue weighted by Crippen LogP contribution is 2.25. The molecule has 0 aromatic rings. The number of carbonyl (C=O) groups is 2. The molecule has 6 heteroatoms. The van der Waals surface area contributed by atoms with E-state index >= 15 is 0 Å². The maximum absolute atomic E-state index is 12.6. The van der Waals surface area contributed by atoms with Crippen molar-refractivity contribution in [3.05, 3.63) is 12.2 Å². The van der Waals surface area contributed by atoms with Crippen LogP contribution in [0.4, 0.5) is 0 Å². The van der Waals surface area contributed by atoms with Crippen molar-refractivity contribution in [1.82, 2.24) is 0 Å². The van der Waals surface area contributed by atoms with Crippen LogP contribution in [0, 0.1) is 11.3 Å². The van der Waals surface area contributed by atoms with E-state index in [4.69, 9.17) is 9.47 Å². The van der Waals surface area contributed by atoms with Gasteiger partial charge in [0.1, 0.15) is 13.2 Å². The lowest BCUT2D eigenvalue weighted by Gasteiger charge is -2.27. The van der Waals surface area contributed by atoms with Gasteiger partial charge in [-0.05, 0) is 32.1 Å². The zero-order valence-electron chi connectivity index (χ0n) is 49.9. The summed E-state index contributed by atoms with van der Waals surface area (Å²) in [5.41, 5.74) is -1.12. The number of allylic oxidation sites excluding steroid dienone is 2. The highest BCUT2D eigenvalue weighted by Gasteiger charge is 2.36. The minimum atomic E-state index is -1.12. The molecule has 1 aliphatic heterocycles. The van der Waals surface area contributed by atoms with Crippen molar-refractivity contribution < 1.29 is 29.3 Å². The molecular weight excluding hydrogens is 913 g/mol. The molecule has 1 unspecified atom stereocenters. The summed E-state index contributed by atoms with van der Waals surface area (Å²) in [6, 6.07) is 0. The Balaban J connectivity index is 1.68. The highest BCUT2D eigenvalue weighted by atomic mass is 16.6. The minimum Gasteiger partial charge on any atom is -0.465 e. The number of esters is 2. The number of ether oxygens (including phenoxy) is 2. The van der Waals surface area contributed by atoms with Crippen LogP contribution in [-0.2, 0) is 19.1 Å². The van der Waals surface area contributed by atoms with Gasteiger partial charge in [0.05, 0.1) is 31.0 Å². The summed E-state index contributed by atoms with van der Waals surface area (Å²) in [5.74, 6) is -1.40. The molecule has 1 heterocycles. The molecule has 0 aromatic heterocycles. The normalized spacial score (nSPS) is 15.1. The quantitative estimate of drug-likeness (QED) is 0.0358. The van der Waals surface area contributed by atoms with Crippen molar-refractivity contribution in [3.8, 4) is 0 Å². The lowest BCUT2D eigenvalue weighted by atomic mass is 9.92. The number of rotatable bonds is 59. The molecule has 0 aliphatic carbocycles. The van der Waals surface area contributed by atoms with E-state index in [9.17, 15) is 19.8 Å². The van der Waals surface area contributed by atoms with E-state index in [0.29, 0.717) is 6.42 Å². The van der Waals surface area contributed by atoms with Crippen LogP contribution in [0.25, 0.3) is 0 Å². The standard InChI is InChI=1S/C68H130O6/c1-2-3-4-5-6-7-8-9-10-11-12-13-14-15-16-17-18-19-20-21-22-23-24-25-26-27-28-29-30-31-32-33-34-35-36-37-38-39-40-41-42-43-44-45-46-47-48-49-50-51-52-53-54-55-56-57-58-59-65-60-66(71)73-63-68(61-69,62-70)64-74-67(65)72/h33-34,65,69-70H,2-32,35-64H2,1H3/b34-33+. The Morgan fingerprint density at radius 3 is 0.838 bits per heavy atom. The third-order valence-electron chi connectivity index (χ3n) is 16.8. The van der Waals surface area contributed by atoms with Crippen LogP contribution in [0.5, 0.6) is 0 Å². The average molecular weight is 1040 g/mol. The van der Waals surface area contributed by atoms with Crippen LogP contribution >= 0.6 is 0 Å². The second kappa shape index (κ2) is 57.8. The Morgan fingerprint density at radius 1 is 0.351 bits per heavy atom. The van der Waals surface area contributed by atoms with Crippen LogP contribution in [-0.4, -0.2) is 48.6 Å². The molecule has 2 N–H and O–H groups in total. The van der Waals surface area contributed by atoms with Crippen LogP contribution in [0.15, 0.2) is 12.2 Å². The fourth-order valence-corrected chi connectivity index (χ4v) is 11.3. The summed E-state index contributed by atoms with van der Waals surface area (Å²) in [4.78, 5) is 24.8. The molecule has 0 spiro atoms. The third kappa shape index (κ3) is 48.9. The lowest BCUT2D eigenvalue weighted by molar-refractivity contribution is -0.155. The second-order valence-corrected chi connectivity index (χ2v) is 24.2. The SMILES string of the molecule is CCCCCCCCCCCCCCCCCCCCCCCCCCCCCCCC/C=C/CCCCCCCCCCCCCCCCCCCCCCCCCC1CC(=O)OCC(CO)(CO)COC1=O. The smallest absolute Gasteiger partial charge is 0.309 e. The number of cyclic esters (lactones) is 2. The summed E-state index contributed by atoms with van der Waals surface area (Å²) in [5, 5.41) is 19.2. The molecule has 6 nitrogen and oxygen atoms in total. The second-order valence-electron chi connectivity index (χ2n) is 24.2. The summed E-state index contributed by atoms with van der Waals surface area (Å²) in [6.07, 6.45) is 83.1. The summed E-state index contributed by atoms with van der Waals surface area (Å²) >= 11 is 0. The Kier molecular flexibility index (Phi) is 55.1. The molecule has 0 amide bonds. The Hall–Kier alpha value is -1.40. The van der Waals surface area contributed by atoms with Crippen molar-refractivity contribution in [2.45, 2.75) is 373 Å². The lowest BCUT2D eigenvalue weighted by Crippen LogP contribution is -2.40. The Labute approximate surface area is 462 Å². The number of hydrogen-bond acceptors (Lipinski definition) is 6. The van der Waals surface area contributed by atoms with Crippen LogP contribution in [0.2, 0.25) is 0 Å². The maximum atomic E-state index is 12.6. The van der Waals surface area contributed by atoms with Crippen molar-refractivity contribution >= 4 is 11.9 Å². The van der Waals surface area contributed by atoms with Gasteiger partial charge in [-0.25, -0.2) is 0 Å². The van der Waals surface area contributed by atoms with E-state index in [1.54, 1.807) is 0 Å². The number of unbranched alkanes of at least 4 members (excludes halogenated alkanes) is 53. The van der Waals surface area contributed by atoms with Gasteiger partial charge < -0.3 is 19.7 Å². The van der Waals surface area contributed by atoms with Crippen LogP contribution in [0.3, 0.4) is 0 Å². The van der Waals surface area contributed by atoms with Crippen molar-refractivity contribution in [2.24, 2.45) is 11.3 Å². The zero-order chi connectivity index (χ0) is 53.2. The van der Waals surface area contributed by atoms with Gasteiger partial charge in [0.2, 0.25) is 0 Å². The molecule has 1 atom stereocenters. The van der Waals surface area contributed by atoms with E-state index in [-0.39, 0.29) is 19.6 Å². The first kappa shape index (κ1) is 70.6. The number of hydrogen-bond donors (Lipinski definition) is 2. The van der Waals surface area contributed by atoms with E-state index in [0.717, 1.165) is 19.3 Å². The predicted octanol–water partition coefficient (Wildman–Crippen LogP) is 21.5. The monoisotopic (exact) mass is 1040 g/mol. The molecule has 1 fully saturated rings. The van der Waals surface area contributed by atoms with E-state index in [2.05, 4.69) is 19.1 Å². The molecule has 0 bridgehead atoms. The first-order valence-corrected chi connectivity index (χ1v) is 33.8. The molecule has 0 aromatic carbocycles. The van der Waals surface area contributed by atoms with E-state index < -0.39 is 36.5 Å². The van der Waals surface area contributed by atoms with Crippen molar-refractivity contribution in [3.63, 3.8) is 0 Å². The fourth-order valence-electron chi connectivity index (χ4n) is 11.3. The van der Waals surface area contributed by atoms with Gasteiger partial charge in [0.25, 0.3) is 0 Å². The predicted molar refractivity (Wildman–Crippen MR) is 320 cm³/mol. The first-order chi connectivity index (χ1) is 36.6. The Morgan fingerprint density at radius 2 is 0.581 bits per heavy atom. The average Bonchev–Trinajstić information content (AvgIpc) is 3.47. The van der Waals surface area contributed by atoms with Crippen molar-refractivity contribution in [2.75, 3.05) is 26.4 Å². The molecule has 1 aliphatic rings. The van der Waals surface area contributed by atoms with Crippen LogP contribution in [0.1, 0.15) is 373 Å². The van der Waals surface area contributed by atoms with Gasteiger partial charge in [0.15, 0.2) is 0 Å². The van der Waals surface area contributed by atoms with Gasteiger partial charge in [-0.15, -0.1) is 0 Å². The molecule has 0 radical (unpaired) electrons. The van der Waals surface area contributed by atoms with Crippen LogP contribution < -0.4 is 0 Å². The maximum Gasteiger partial charge on any atom is 0.309 e. The van der Waals surface area contributed by atoms with E-state index in [1.807, 2.05) is 0 Å². The molecule has 1 saturated heterocycles. The molecule has 438 valence electrons. The molecule has 74 heavy (non-hydrogen) atoms. The van der Waals surface area contributed by atoms with Crippen molar-refractivity contribution in [1.29, 1.82) is 0 Å². The highest BCUT2D eigenvalue weighted by molar-refractivity contribution is 5.80. The molecular formula is C68H130O6. The number of aliphatic hydroxyl groups is 2. The summed E-state index contributed by atoms with van der Waals surface area (Å²) < 4.78 is 10.6. The van der Waals surface area contributed by atoms with Gasteiger partial charge in [-0.1, -0.05) is 347 Å². The van der Waals surface area contributed by atoms with Gasteiger partial charge >= 0.3 is 11.9 Å². The third-order valence-corrected chi connectivity index (χ3v) is 16.8. The summed E-state index contributed by atoms with van der Waals surface area (Å²) in [7, 11) is 0. The Bertz CT molecular complexity index is 1160. The number of carbonyl (C=O) groups excluding carboxylic acids is 2. The minimum absolute atomic E-state index is 0.00436. The molecule has 1 rings (SSSR count). The van der Waals surface area contributed by atoms with Gasteiger partial charge in [-0.2, -0.15) is 0 Å². The zero-order valence-corrected chi connectivity index (χ0v) is 49.9. The number of aliphatic hydroxyl groups excluding tert-OH is 2. The topological polar surface area (TPSA) is 93.1 Å². The van der Waals surface area contributed by atoms with Gasteiger partial charge in [-0.3, -0.25) is 9.59 Å². The van der Waals surface area contributed by atoms with Gasteiger partial charge in [0, 0.05) is 0 Å². The van der Waals surface area contributed by atoms with E-state index in [1.165, 1.54) is 334 Å². The fraction of sp³-hybridized carbons (Fsp3) is 0.941. The first-order valence-electron chi connectivity index (χ1n) is 33.8. The molecule has 0 saturated carbocycles. The summed E-state index contributed by atoms with van der Waals surface area (Å²) in [6.45, 7) is 1.21. The largest absolute Gasteiger partial charge is 0.465 e.